The lowest BCUT2D eigenvalue weighted by molar-refractivity contribution is 0.301. The van der Waals surface area contributed by atoms with E-state index in [9.17, 15) is 0 Å². The van der Waals surface area contributed by atoms with Gasteiger partial charge in [-0.05, 0) is 43.6 Å². The molecule has 1 saturated carbocycles. The van der Waals surface area contributed by atoms with E-state index in [1.54, 1.807) is 0 Å². The van der Waals surface area contributed by atoms with Crippen LogP contribution < -0.4 is 5.32 Å². The van der Waals surface area contributed by atoms with Gasteiger partial charge >= 0.3 is 0 Å². The van der Waals surface area contributed by atoms with Crippen LogP contribution in [0, 0.1) is 17.8 Å². The summed E-state index contributed by atoms with van der Waals surface area (Å²) in [6.07, 6.45) is 4.29. The largest absolute Gasteiger partial charge is 0.314 e. The maximum Gasteiger partial charge on any atom is 0.00976 e. The van der Waals surface area contributed by atoms with Gasteiger partial charge in [0.15, 0.2) is 0 Å². The lowest BCUT2D eigenvalue weighted by Crippen LogP contribution is -2.36. The fraction of sp³-hybridized carbons (Fsp3) is 1.00. The molecule has 0 heterocycles. The first-order valence-corrected chi connectivity index (χ1v) is 5.88. The van der Waals surface area contributed by atoms with Crippen molar-refractivity contribution in [2.45, 2.75) is 53.0 Å². The monoisotopic (exact) mass is 183 g/mol. The fourth-order valence-electron chi connectivity index (χ4n) is 2.20. The third kappa shape index (κ3) is 3.68. The zero-order valence-corrected chi connectivity index (χ0v) is 9.64. The normalized spacial score (nSPS) is 21.9. The summed E-state index contributed by atoms with van der Waals surface area (Å²) < 4.78 is 0. The Labute approximate surface area is 83.3 Å². The zero-order chi connectivity index (χ0) is 9.84. The summed E-state index contributed by atoms with van der Waals surface area (Å²) >= 11 is 0. The molecule has 0 aliphatic heterocycles. The van der Waals surface area contributed by atoms with Crippen molar-refractivity contribution in [1.29, 1.82) is 0 Å². The van der Waals surface area contributed by atoms with Gasteiger partial charge in [-0.15, -0.1) is 0 Å². The first-order chi connectivity index (χ1) is 6.15. The van der Waals surface area contributed by atoms with Crippen LogP contribution in [0.2, 0.25) is 0 Å². The molecule has 0 spiro atoms. The number of hydrogen-bond donors (Lipinski definition) is 1. The smallest absolute Gasteiger partial charge is 0.00976 e. The molecule has 0 saturated heterocycles. The second kappa shape index (κ2) is 4.99. The van der Waals surface area contributed by atoms with Crippen LogP contribution in [0.1, 0.15) is 47.0 Å². The van der Waals surface area contributed by atoms with E-state index in [1.807, 2.05) is 0 Å². The molecule has 1 aliphatic carbocycles. The molecule has 0 aromatic heterocycles. The summed E-state index contributed by atoms with van der Waals surface area (Å²) in [7, 11) is 0. The fourth-order valence-corrected chi connectivity index (χ4v) is 2.20. The van der Waals surface area contributed by atoms with E-state index in [0.29, 0.717) is 0 Å². The van der Waals surface area contributed by atoms with Gasteiger partial charge in [0, 0.05) is 6.04 Å². The molecule has 1 fully saturated rings. The summed E-state index contributed by atoms with van der Waals surface area (Å²) in [5.74, 6) is 2.75. The van der Waals surface area contributed by atoms with E-state index in [1.165, 1.54) is 19.3 Å². The highest BCUT2D eigenvalue weighted by molar-refractivity contribution is 4.86. The molecule has 78 valence electrons. The van der Waals surface area contributed by atoms with Crippen LogP contribution in [0.15, 0.2) is 0 Å². The van der Waals surface area contributed by atoms with Crippen LogP contribution >= 0.6 is 0 Å². The second-order valence-corrected chi connectivity index (χ2v) is 4.99. The predicted octanol–water partition coefficient (Wildman–Crippen LogP) is 3.06. The molecule has 2 atom stereocenters. The molecule has 13 heavy (non-hydrogen) atoms. The Kier molecular flexibility index (Phi) is 4.24. The van der Waals surface area contributed by atoms with Crippen LogP contribution in [0.4, 0.5) is 0 Å². The van der Waals surface area contributed by atoms with Gasteiger partial charge in [0.05, 0.1) is 0 Å². The second-order valence-electron chi connectivity index (χ2n) is 4.99. The van der Waals surface area contributed by atoms with Crippen LogP contribution in [0.25, 0.3) is 0 Å². The Morgan fingerprint density at radius 2 is 1.85 bits per heavy atom. The summed E-state index contributed by atoms with van der Waals surface area (Å²) in [5.41, 5.74) is 0. The number of hydrogen-bond acceptors (Lipinski definition) is 1. The predicted molar refractivity (Wildman–Crippen MR) is 58.8 cm³/mol. The van der Waals surface area contributed by atoms with Crippen molar-refractivity contribution in [3.8, 4) is 0 Å². The van der Waals surface area contributed by atoms with Crippen molar-refractivity contribution in [1.82, 2.24) is 5.32 Å². The molecule has 0 amide bonds. The van der Waals surface area contributed by atoms with Gasteiger partial charge < -0.3 is 5.32 Å². The molecule has 0 radical (unpaired) electrons. The van der Waals surface area contributed by atoms with Crippen molar-refractivity contribution in [3.05, 3.63) is 0 Å². The van der Waals surface area contributed by atoms with Gasteiger partial charge in [0.2, 0.25) is 0 Å². The molecular formula is C12H25N. The summed E-state index contributed by atoms with van der Waals surface area (Å²) in [6.45, 7) is 10.4. The summed E-state index contributed by atoms with van der Waals surface area (Å²) in [4.78, 5) is 0. The minimum atomic E-state index is 0.762. The molecule has 0 aromatic rings. The number of nitrogens with one attached hydrogen (secondary N) is 1. The Hall–Kier alpha value is -0.0400. The molecule has 2 unspecified atom stereocenters. The van der Waals surface area contributed by atoms with Gasteiger partial charge in [-0.3, -0.25) is 0 Å². The van der Waals surface area contributed by atoms with E-state index < -0.39 is 0 Å². The molecule has 1 heteroatoms. The minimum Gasteiger partial charge on any atom is -0.314 e. The van der Waals surface area contributed by atoms with Crippen molar-refractivity contribution < 1.29 is 0 Å². The van der Waals surface area contributed by atoms with E-state index in [0.717, 1.165) is 30.3 Å². The standard InChI is InChI=1S/C12H25N/c1-5-13-12(8-9(2)3)10(4)11-6-7-11/h9-13H,5-8H2,1-4H3. The van der Waals surface area contributed by atoms with Crippen LogP contribution in [-0.4, -0.2) is 12.6 Å². The maximum absolute atomic E-state index is 3.64. The van der Waals surface area contributed by atoms with Gasteiger partial charge in [-0.2, -0.15) is 0 Å². The Morgan fingerprint density at radius 1 is 1.23 bits per heavy atom. The van der Waals surface area contributed by atoms with Crippen LogP contribution in [0.5, 0.6) is 0 Å². The molecule has 0 aromatic carbocycles. The highest BCUT2D eigenvalue weighted by Gasteiger charge is 2.32. The highest BCUT2D eigenvalue weighted by atomic mass is 14.9. The molecule has 1 aliphatic rings. The van der Waals surface area contributed by atoms with Gasteiger partial charge in [-0.25, -0.2) is 0 Å². The topological polar surface area (TPSA) is 12.0 Å². The minimum absolute atomic E-state index is 0.762. The van der Waals surface area contributed by atoms with Crippen molar-refractivity contribution in [2.75, 3.05) is 6.54 Å². The lowest BCUT2D eigenvalue weighted by atomic mass is 9.90. The Morgan fingerprint density at radius 3 is 2.23 bits per heavy atom. The highest BCUT2D eigenvalue weighted by Crippen LogP contribution is 2.39. The first-order valence-electron chi connectivity index (χ1n) is 5.88. The maximum atomic E-state index is 3.64. The third-order valence-corrected chi connectivity index (χ3v) is 3.19. The van der Waals surface area contributed by atoms with E-state index in [4.69, 9.17) is 0 Å². The van der Waals surface area contributed by atoms with Gasteiger partial charge in [-0.1, -0.05) is 27.7 Å². The van der Waals surface area contributed by atoms with E-state index in [-0.39, 0.29) is 0 Å². The number of rotatable bonds is 6. The molecule has 0 bridgehead atoms. The SMILES string of the molecule is CCNC(CC(C)C)C(C)C1CC1. The average molecular weight is 183 g/mol. The lowest BCUT2D eigenvalue weighted by Gasteiger charge is -2.26. The van der Waals surface area contributed by atoms with Crippen molar-refractivity contribution in [3.63, 3.8) is 0 Å². The Balaban J connectivity index is 2.34. The van der Waals surface area contributed by atoms with Crippen LogP contribution in [0.3, 0.4) is 0 Å². The molecule has 1 N–H and O–H groups in total. The van der Waals surface area contributed by atoms with E-state index >= 15 is 0 Å². The average Bonchev–Trinajstić information content (AvgIpc) is 2.84. The first kappa shape index (κ1) is 11.0. The van der Waals surface area contributed by atoms with Gasteiger partial charge in [0.1, 0.15) is 0 Å². The van der Waals surface area contributed by atoms with Crippen molar-refractivity contribution in [2.24, 2.45) is 17.8 Å². The third-order valence-electron chi connectivity index (χ3n) is 3.19. The van der Waals surface area contributed by atoms with Gasteiger partial charge in [0.25, 0.3) is 0 Å². The quantitative estimate of drug-likeness (QED) is 0.667. The van der Waals surface area contributed by atoms with Crippen molar-refractivity contribution >= 4 is 0 Å². The molecule has 1 rings (SSSR count). The molecule has 1 nitrogen and oxygen atoms in total. The zero-order valence-electron chi connectivity index (χ0n) is 9.64. The molecular weight excluding hydrogens is 158 g/mol. The summed E-state index contributed by atoms with van der Waals surface area (Å²) in [5, 5.41) is 3.64. The van der Waals surface area contributed by atoms with Crippen LogP contribution in [-0.2, 0) is 0 Å². The Bertz CT molecular complexity index is 138. The summed E-state index contributed by atoms with van der Waals surface area (Å²) in [6, 6.07) is 0.762. The van der Waals surface area contributed by atoms with E-state index in [2.05, 4.69) is 33.0 Å².